The molecule has 1 unspecified atom stereocenters. The van der Waals surface area contributed by atoms with Gasteiger partial charge in [-0.25, -0.2) is 0 Å². The number of allylic oxidation sites excluding steroid dienone is 8. The number of carboxylic acids is 1. The lowest BCUT2D eigenvalue weighted by atomic mass is 10.0. The molecule has 1 amide bonds. The molecular formula is C40H69NO5. The predicted molar refractivity (Wildman–Crippen MR) is 194 cm³/mol. The molecule has 0 aromatic carbocycles. The van der Waals surface area contributed by atoms with Crippen LogP contribution in [0.1, 0.15) is 174 Å². The minimum atomic E-state index is -1.02. The van der Waals surface area contributed by atoms with E-state index in [4.69, 9.17) is 9.84 Å². The summed E-state index contributed by atoms with van der Waals surface area (Å²) in [6.07, 6.45) is 43.8. The first-order valence-corrected chi connectivity index (χ1v) is 18.8. The Kier molecular flexibility index (Phi) is 33.2. The number of carbonyl (C=O) groups excluding carboxylic acids is 2. The van der Waals surface area contributed by atoms with Crippen LogP contribution in [0.4, 0.5) is 0 Å². The van der Waals surface area contributed by atoms with Gasteiger partial charge in [0.15, 0.2) is 0 Å². The predicted octanol–water partition coefficient (Wildman–Crippen LogP) is 11.1. The fraction of sp³-hybridized carbons (Fsp3) is 0.725. The Labute approximate surface area is 282 Å². The third-order valence-electron chi connectivity index (χ3n) is 8.02. The molecule has 0 heterocycles. The van der Waals surface area contributed by atoms with Gasteiger partial charge in [0.1, 0.15) is 12.6 Å². The van der Waals surface area contributed by atoms with E-state index in [0.29, 0.717) is 12.8 Å². The van der Waals surface area contributed by atoms with E-state index in [-0.39, 0.29) is 24.5 Å². The molecule has 0 aromatic rings. The van der Waals surface area contributed by atoms with E-state index in [9.17, 15) is 14.4 Å². The van der Waals surface area contributed by atoms with Gasteiger partial charge in [0.2, 0.25) is 5.91 Å². The molecule has 46 heavy (non-hydrogen) atoms. The molecule has 1 atom stereocenters. The second-order valence-electron chi connectivity index (χ2n) is 12.5. The molecule has 0 rings (SSSR count). The van der Waals surface area contributed by atoms with Crippen LogP contribution in [-0.2, 0) is 19.1 Å². The number of ether oxygens (including phenoxy) is 1. The first-order chi connectivity index (χ1) is 22.5. The Morgan fingerprint density at radius 2 is 1.07 bits per heavy atom. The van der Waals surface area contributed by atoms with Crippen LogP contribution in [-0.4, -0.2) is 35.6 Å². The highest BCUT2D eigenvalue weighted by atomic mass is 16.5. The van der Waals surface area contributed by atoms with E-state index in [1.807, 2.05) is 0 Å². The van der Waals surface area contributed by atoms with Gasteiger partial charge in [-0.3, -0.25) is 14.4 Å². The van der Waals surface area contributed by atoms with Crippen molar-refractivity contribution in [3.05, 3.63) is 48.6 Å². The lowest BCUT2D eigenvalue weighted by Gasteiger charge is -2.18. The summed E-state index contributed by atoms with van der Waals surface area (Å²) in [5.41, 5.74) is 0. The van der Waals surface area contributed by atoms with Gasteiger partial charge < -0.3 is 15.2 Å². The summed E-state index contributed by atoms with van der Waals surface area (Å²) >= 11 is 0. The van der Waals surface area contributed by atoms with Gasteiger partial charge in [0.05, 0.1) is 0 Å². The number of aliphatic carboxylic acids is 1. The highest BCUT2D eigenvalue weighted by molar-refractivity contribution is 5.80. The van der Waals surface area contributed by atoms with Crippen molar-refractivity contribution in [2.75, 3.05) is 6.54 Å². The summed E-state index contributed by atoms with van der Waals surface area (Å²) < 4.78 is 5.94. The van der Waals surface area contributed by atoms with Gasteiger partial charge in [-0.15, -0.1) is 0 Å². The van der Waals surface area contributed by atoms with E-state index in [0.717, 1.165) is 89.9 Å². The van der Waals surface area contributed by atoms with Gasteiger partial charge in [0.25, 0.3) is 0 Å². The monoisotopic (exact) mass is 644 g/mol. The zero-order chi connectivity index (χ0) is 33.8. The largest absolute Gasteiger partial charge is 0.480 e. The van der Waals surface area contributed by atoms with Crippen LogP contribution >= 0.6 is 0 Å². The van der Waals surface area contributed by atoms with E-state index >= 15 is 0 Å². The third-order valence-corrected chi connectivity index (χ3v) is 8.02. The second kappa shape index (κ2) is 35.2. The van der Waals surface area contributed by atoms with Crippen molar-refractivity contribution in [3.63, 3.8) is 0 Å². The van der Waals surface area contributed by atoms with Crippen LogP contribution in [0.15, 0.2) is 48.6 Å². The molecule has 0 bridgehead atoms. The molecule has 0 aliphatic carbocycles. The van der Waals surface area contributed by atoms with Crippen molar-refractivity contribution in [2.24, 2.45) is 0 Å². The Morgan fingerprint density at radius 3 is 1.63 bits per heavy atom. The molecule has 0 saturated carbocycles. The zero-order valence-electron chi connectivity index (χ0n) is 29.7. The van der Waals surface area contributed by atoms with Gasteiger partial charge in [-0.2, -0.15) is 0 Å². The quantitative estimate of drug-likeness (QED) is 0.0422. The molecule has 0 saturated heterocycles. The maximum absolute atomic E-state index is 12.6. The van der Waals surface area contributed by atoms with Crippen LogP contribution in [0.25, 0.3) is 0 Å². The average molecular weight is 644 g/mol. The van der Waals surface area contributed by atoms with E-state index < -0.39 is 5.97 Å². The summed E-state index contributed by atoms with van der Waals surface area (Å²) in [6, 6.07) is 0. The van der Waals surface area contributed by atoms with Crippen molar-refractivity contribution >= 4 is 17.8 Å². The summed E-state index contributed by atoms with van der Waals surface area (Å²) in [7, 11) is 0. The number of carbonyl (C=O) groups is 3. The molecule has 0 aliphatic rings. The normalized spacial score (nSPS) is 12.6. The van der Waals surface area contributed by atoms with Crippen molar-refractivity contribution in [2.45, 2.75) is 180 Å². The number of unbranched alkanes of at least 4 members (excludes halogenated alkanes) is 14. The van der Waals surface area contributed by atoms with Crippen LogP contribution in [0.5, 0.6) is 0 Å². The molecular weight excluding hydrogens is 574 g/mol. The molecule has 6 nitrogen and oxygen atoms in total. The maximum Gasteiger partial charge on any atom is 0.322 e. The summed E-state index contributed by atoms with van der Waals surface area (Å²) in [5, 5.41) is 11.0. The molecule has 0 spiro atoms. The number of nitrogens with one attached hydrogen (secondary N) is 1. The summed E-state index contributed by atoms with van der Waals surface area (Å²) in [6.45, 7) is 4.06. The van der Waals surface area contributed by atoms with E-state index in [2.05, 4.69) is 67.8 Å². The van der Waals surface area contributed by atoms with Crippen LogP contribution < -0.4 is 5.32 Å². The van der Waals surface area contributed by atoms with Crippen molar-refractivity contribution in [3.8, 4) is 0 Å². The Bertz CT molecular complexity index is 845. The van der Waals surface area contributed by atoms with Crippen LogP contribution in [0, 0.1) is 0 Å². The number of amides is 1. The van der Waals surface area contributed by atoms with E-state index in [1.165, 1.54) is 57.8 Å². The number of esters is 1. The summed E-state index contributed by atoms with van der Waals surface area (Å²) in [4.78, 5) is 34.8. The highest BCUT2D eigenvalue weighted by Gasteiger charge is 2.14. The topological polar surface area (TPSA) is 92.7 Å². The van der Waals surface area contributed by atoms with Crippen LogP contribution in [0.3, 0.4) is 0 Å². The molecule has 0 aromatic heterocycles. The SMILES string of the molecule is CC/C=C\C/C=C\C/C=C\C/C=C\CCCCCCCCC(=O)OC(CCCCCCCC)CCCCCCC(=O)NCC(=O)O. The molecule has 6 heteroatoms. The Morgan fingerprint density at radius 1 is 0.587 bits per heavy atom. The fourth-order valence-corrected chi connectivity index (χ4v) is 5.27. The van der Waals surface area contributed by atoms with Crippen molar-refractivity contribution in [1.82, 2.24) is 5.32 Å². The first-order valence-electron chi connectivity index (χ1n) is 18.8. The van der Waals surface area contributed by atoms with E-state index in [1.54, 1.807) is 0 Å². The van der Waals surface area contributed by atoms with Gasteiger partial charge >= 0.3 is 11.9 Å². The molecule has 0 radical (unpaired) electrons. The fourth-order valence-electron chi connectivity index (χ4n) is 5.27. The standard InChI is InChI=1S/C40H69NO5/c1-3-5-7-9-11-12-13-14-15-16-17-18-19-20-21-22-23-25-31-35-40(45)46-37(32-28-24-10-8-6-4-2)33-29-26-27-30-34-38(42)41-36-39(43)44/h5,7,11-12,14-15,17-18,37H,3-4,6,8-10,13,16,19-36H2,1-2H3,(H,41,42)(H,43,44)/b7-5-,12-11-,15-14-,18-17-. The van der Waals surface area contributed by atoms with Gasteiger partial charge in [-0.1, -0.05) is 133 Å². The number of hydrogen-bond acceptors (Lipinski definition) is 4. The third kappa shape index (κ3) is 34.2. The Hall–Kier alpha value is -2.63. The lowest BCUT2D eigenvalue weighted by Crippen LogP contribution is -2.28. The zero-order valence-corrected chi connectivity index (χ0v) is 29.7. The summed E-state index contributed by atoms with van der Waals surface area (Å²) in [5.74, 6) is -1.28. The lowest BCUT2D eigenvalue weighted by molar-refractivity contribution is -0.150. The smallest absolute Gasteiger partial charge is 0.322 e. The van der Waals surface area contributed by atoms with Gasteiger partial charge in [0, 0.05) is 12.8 Å². The molecule has 0 aliphatic heterocycles. The van der Waals surface area contributed by atoms with Crippen molar-refractivity contribution in [1.29, 1.82) is 0 Å². The first kappa shape index (κ1) is 43.4. The number of carboxylic acid groups (broad SMARTS) is 1. The number of rotatable bonds is 33. The number of hydrogen-bond donors (Lipinski definition) is 2. The van der Waals surface area contributed by atoms with Gasteiger partial charge in [-0.05, 0) is 77.0 Å². The maximum atomic E-state index is 12.6. The second-order valence-corrected chi connectivity index (χ2v) is 12.5. The molecule has 2 N–H and O–H groups in total. The molecule has 264 valence electrons. The van der Waals surface area contributed by atoms with Crippen molar-refractivity contribution < 1.29 is 24.2 Å². The van der Waals surface area contributed by atoms with Crippen LogP contribution in [0.2, 0.25) is 0 Å². The molecule has 0 fully saturated rings. The minimum absolute atomic E-state index is 0.00379. The Balaban J connectivity index is 4.01. The highest BCUT2D eigenvalue weighted by Crippen LogP contribution is 2.18. The minimum Gasteiger partial charge on any atom is -0.480 e. The average Bonchev–Trinajstić information content (AvgIpc) is 3.04.